The van der Waals surface area contributed by atoms with E-state index in [0.717, 1.165) is 0 Å². The van der Waals surface area contributed by atoms with E-state index in [0.29, 0.717) is 11.3 Å². The second-order valence-electron chi connectivity index (χ2n) is 3.71. The van der Waals surface area contributed by atoms with Crippen LogP contribution in [-0.2, 0) is 20.6 Å². The van der Waals surface area contributed by atoms with Gasteiger partial charge in [-0.2, -0.15) is 0 Å². The Hall–Kier alpha value is -1.60. The maximum atomic E-state index is 10.8. The molecule has 1 unspecified atom stereocenters. The smallest absolute Gasteiger partial charge is 0.325 e. The molecule has 0 aliphatic heterocycles. The number of carboxylic acids is 1. The van der Waals surface area contributed by atoms with Gasteiger partial charge in [0.15, 0.2) is 0 Å². The number of carbonyl (C=O) groups is 1. The van der Waals surface area contributed by atoms with Crippen LogP contribution < -0.4 is 10.5 Å². The lowest BCUT2D eigenvalue weighted by molar-refractivity contribution is -0.137. The Morgan fingerprint density at radius 3 is 2.35 bits per heavy atom. The Morgan fingerprint density at radius 1 is 1.41 bits per heavy atom. The van der Waals surface area contributed by atoms with E-state index in [4.69, 9.17) is 10.2 Å². The second kappa shape index (κ2) is 5.15. The molecular formula is C10H14N2O4S. The van der Waals surface area contributed by atoms with Crippen molar-refractivity contribution in [1.82, 2.24) is 0 Å². The molecule has 0 fully saturated rings. The van der Waals surface area contributed by atoms with Gasteiger partial charge in [-0.05, 0) is 24.6 Å². The molecule has 0 saturated heterocycles. The van der Waals surface area contributed by atoms with E-state index >= 15 is 0 Å². The van der Waals surface area contributed by atoms with Crippen LogP contribution in [0.4, 0.5) is 5.69 Å². The maximum absolute atomic E-state index is 10.8. The lowest BCUT2D eigenvalue weighted by Crippen LogP contribution is -2.25. The molecule has 6 nitrogen and oxygen atoms in total. The van der Waals surface area contributed by atoms with Crippen molar-refractivity contribution in [3.63, 3.8) is 0 Å². The molecule has 94 valence electrons. The summed E-state index contributed by atoms with van der Waals surface area (Å²) in [5.74, 6) is -1.19. The van der Waals surface area contributed by atoms with Gasteiger partial charge in [-0.15, -0.1) is 0 Å². The van der Waals surface area contributed by atoms with Crippen LogP contribution in [0.15, 0.2) is 24.3 Å². The summed E-state index contributed by atoms with van der Waals surface area (Å²) in [6, 6.07) is 5.68. The Balaban J connectivity index is 2.72. The Kier molecular flexibility index (Phi) is 4.08. The number of nitrogens with one attached hydrogen (secondary N) is 1. The van der Waals surface area contributed by atoms with E-state index in [9.17, 15) is 13.2 Å². The molecule has 0 aromatic heterocycles. The molecule has 1 atom stereocenters. The fourth-order valence-electron chi connectivity index (χ4n) is 1.24. The molecule has 0 saturated carbocycles. The number of anilines is 1. The monoisotopic (exact) mass is 258 g/mol. The zero-order valence-corrected chi connectivity index (χ0v) is 10.1. The quantitative estimate of drug-likeness (QED) is 0.706. The van der Waals surface area contributed by atoms with Crippen molar-refractivity contribution in [1.29, 1.82) is 0 Å². The van der Waals surface area contributed by atoms with Crippen molar-refractivity contribution < 1.29 is 18.3 Å². The molecule has 1 aromatic rings. The van der Waals surface area contributed by atoms with Gasteiger partial charge in [-0.25, -0.2) is 13.6 Å². The van der Waals surface area contributed by atoms with E-state index in [1.807, 2.05) is 0 Å². The van der Waals surface area contributed by atoms with Crippen LogP contribution in [0.25, 0.3) is 0 Å². The van der Waals surface area contributed by atoms with Gasteiger partial charge in [0.05, 0.1) is 5.75 Å². The number of rotatable bonds is 5. The lowest BCUT2D eigenvalue weighted by atomic mass is 10.2. The molecule has 0 amide bonds. The summed E-state index contributed by atoms with van der Waals surface area (Å²) in [7, 11) is -3.54. The number of nitrogens with two attached hydrogens (primary N) is 1. The first kappa shape index (κ1) is 13.5. The minimum absolute atomic E-state index is 0.234. The zero-order chi connectivity index (χ0) is 13.1. The van der Waals surface area contributed by atoms with Crippen LogP contribution in [0.3, 0.4) is 0 Å². The molecule has 0 aliphatic rings. The van der Waals surface area contributed by atoms with E-state index < -0.39 is 22.0 Å². The molecular weight excluding hydrogens is 244 g/mol. The molecule has 1 rings (SSSR count). The number of hydrogen-bond donors (Lipinski definition) is 3. The number of hydrogen-bond acceptors (Lipinski definition) is 4. The molecule has 7 heteroatoms. The van der Waals surface area contributed by atoms with Gasteiger partial charge in [-0.1, -0.05) is 12.1 Å². The third-order valence-corrected chi connectivity index (χ3v) is 2.81. The summed E-state index contributed by atoms with van der Waals surface area (Å²) in [6.07, 6.45) is 0. The average Bonchev–Trinajstić information content (AvgIpc) is 2.18. The van der Waals surface area contributed by atoms with Gasteiger partial charge in [0, 0.05) is 5.69 Å². The SMILES string of the molecule is CC(Nc1ccc(CS(N)(=O)=O)cc1)C(=O)O. The van der Waals surface area contributed by atoms with E-state index in [-0.39, 0.29) is 5.75 Å². The van der Waals surface area contributed by atoms with E-state index in [2.05, 4.69) is 5.32 Å². The highest BCUT2D eigenvalue weighted by Crippen LogP contribution is 2.12. The van der Waals surface area contributed by atoms with Gasteiger partial charge in [0.1, 0.15) is 6.04 Å². The van der Waals surface area contributed by atoms with Crippen LogP contribution >= 0.6 is 0 Å². The van der Waals surface area contributed by atoms with E-state index in [1.54, 1.807) is 24.3 Å². The normalized spacial score (nSPS) is 13.1. The molecule has 0 bridgehead atoms. The molecule has 0 spiro atoms. The number of benzene rings is 1. The Morgan fingerprint density at radius 2 is 1.94 bits per heavy atom. The summed E-state index contributed by atoms with van der Waals surface area (Å²) < 4.78 is 21.7. The maximum Gasteiger partial charge on any atom is 0.325 e. The molecule has 17 heavy (non-hydrogen) atoms. The van der Waals surface area contributed by atoms with Crippen LogP contribution in [0.2, 0.25) is 0 Å². The van der Waals surface area contributed by atoms with Crippen molar-refractivity contribution in [2.75, 3.05) is 5.32 Å². The first-order chi connectivity index (χ1) is 7.78. The fraction of sp³-hybridized carbons (Fsp3) is 0.300. The lowest BCUT2D eigenvalue weighted by Gasteiger charge is -2.10. The van der Waals surface area contributed by atoms with Crippen molar-refractivity contribution in [2.24, 2.45) is 5.14 Å². The van der Waals surface area contributed by atoms with Gasteiger partial charge in [-0.3, -0.25) is 4.79 Å². The molecule has 4 N–H and O–H groups in total. The number of carboxylic acid groups (broad SMARTS) is 1. The highest BCUT2D eigenvalue weighted by atomic mass is 32.2. The molecule has 0 radical (unpaired) electrons. The number of aliphatic carboxylic acids is 1. The Labute approximate surface area is 99.5 Å². The van der Waals surface area contributed by atoms with Crippen LogP contribution in [0.1, 0.15) is 12.5 Å². The Bertz CT molecular complexity index is 496. The predicted molar refractivity (Wildman–Crippen MR) is 64.0 cm³/mol. The van der Waals surface area contributed by atoms with Crippen LogP contribution in [-0.4, -0.2) is 25.5 Å². The second-order valence-corrected chi connectivity index (χ2v) is 5.32. The van der Waals surface area contributed by atoms with Crippen LogP contribution in [0, 0.1) is 0 Å². The largest absolute Gasteiger partial charge is 0.480 e. The van der Waals surface area contributed by atoms with Gasteiger partial charge < -0.3 is 10.4 Å². The standard InChI is InChI=1S/C10H14N2O4S/c1-7(10(13)14)12-9-4-2-8(3-5-9)6-17(11,15)16/h2-5,7,12H,6H2,1H3,(H,13,14)(H2,11,15,16). The van der Waals surface area contributed by atoms with Gasteiger partial charge in [0.2, 0.25) is 10.0 Å². The summed E-state index contributed by atoms with van der Waals surface area (Å²) in [6.45, 7) is 1.51. The fourth-order valence-corrected chi connectivity index (χ4v) is 1.90. The van der Waals surface area contributed by atoms with E-state index in [1.165, 1.54) is 6.92 Å². The van der Waals surface area contributed by atoms with Gasteiger partial charge in [0.25, 0.3) is 0 Å². The van der Waals surface area contributed by atoms with Gasteiger partial charge >= 0.3 is 5.97 Å². The topological polar surface area (TPSA) is 109 Å². The summed E-state index contributed by atoms with van der Waals surface area (Å²) in [4.78, 5) is 10.6. The number of sulfonamides is 1. The van der Waals surface area contributed by atoms with Crippen molar-refractivity contribution in [3.8, 4) is 0 Å². The molecule has 1 aromatic carbocycles. The minimum atomic E-state index is -3.54. The molecule has 0 heterocycles. The van der Waals surface area contributed by atoms with Crippen molar-refractivity contribution >= 4 is 21.7 Å². The third-order valence-electron chi connectivity index (χ3n) is 2.08. The van der Waals surface area contributed by atoms with Crippen LogP contribution in [0.5, 0.6) is 0 Å². The summed E-state index contributed by atoms with van der Waals surface area (Å²) >= 11 is 0. The minimum Gasteiger partial charge on any atom is -0.480 e. The predicted octanol–water partition coefficient (Wildman–Crippen LogP) is 0.360. The van der Waals surface area contributed by atoms with Crippen molar-refractivity contribution in [2.45, 2.75) is 18.7 Å². The summed E-state index contributed by atoms with van der Waals surface area (Å²) in [5.41, 5.74) is 1.17. The van der Waals surface area contributed by atoms with Crippen molar-refractivity contribution in [3.05, 3.63) is 29.8 Å². The first-order valence-corrected chi connectivity index (χ1v) is 6.58. The zero-order valence-electron chi connectivity index (χ0n) is 9.25. The molecule has 0 aliphatic carbocycles. The highest BCUT2D eigenvalue weighted by Gasteiger charge is 2.10. The number of primary sulfonamides is 1. The average molecular weight is 258 g/mol. The summed E-state index contributed by atoms with van der Waals surface area (Å²) in [5, 5.41) is 16.3. The third kappa shape index (κ3) is 4.83. The first-order valence-electron chi connectivity index (χ1n) is 4.87. The highest BCUT2D eigenvalue weighted by molar-refractivity contribution is 7.88.